The van der Waals surface area contributed by atoms with Gasteiger partial charge < -0.3 is 11.1 Å². The number of hydrogen-bond acceptors (Lipinski definition) is 3. The van der Waals surface area contributed by atoms with Crippen LogP contribution in [0.4, 0.5) is 18.9 Å². The number of hydrogen-bond donors (Lipinski definition) is 2. The third-order valence-electron chi connectivity index (χ3n) is 2.29. The second kappa shape index (κ2) is 6.81. The van der Waals surface area contributed by atoms with Gasteiger partial charge in [0.25, 0.3) is 0 Å². The highest BCUT2D eigenvalue weighted by Crippen LogP contribution is 2.36. The molecule has 0 aliphatic heterocycles. The van der Waals surface area contributed by atoms with Gasteiger partial charge in [0.1, 0.15) is 0 Å². The highest BCUT2D eigenvalue weighted by Gasteiger charge is 2.29. The molecule has 0 saturated heterocycles. The van der Waals surface area contributed by atoms with Gasteiger partial charge in [0.2, 0.25) is 5.91 Å². The Morgan fingerprint density at radius 2 is 1.95 bits per heavy atom. The molecular formula is C12H15F3N2OS. The first kappa shape index (κ1) is 15.8. The highest BCUT2D eigenvalue weighted by atomic mass is 32.2. The van der Waals surface area contributed by atoms with Gasteiger partial charge in [-0.2, -0.15) is 13.2 Å². The Hall–Kier alpha value is -1.21. The molecule has 0 fully saturated rings. The molecule has 1 aromatic carbocycles. The van der Waals surface area contributed by atoms with E-state index in [1.54, 1.807) is 0 Å². The van der Waals surface area contributed by atoms with Gasteiger partial charge in [0, 0.05) is 10.6 Å². The fourth-order valence-corrected chi connectivity index (χ4v) is 1.96. The molecule has 3 nitrogen and oxygen atoms in total. The zero-order valence-corrected chi connectivity index (χ0v) is 11.1. The lowest BCUT2D eigenvalue weighted by Gasteiger charge is -2.11. The minimum atomic E-state index is -4.31. The van der Waals surface area contributed by atoms with E-state index in [1.165, 1.54) is 24.3 Å². The number of anilines is 1. The number of carbonyl (C=O) groups excluding carboxylic acids is 1. The molecule has 19 heavy (non-hydrogen) atoms. The maximum atomic E-state index is 12.1. The molecule has 3 N–H and O–H groups in total. The summed E-state index contributed by atoms with van der Waals surface area (Å²) >= 11 is -0.195. The van der Waals surface area contributed by atoms with E-state index >= 15 is 0 Å². The first-order valence-corrected chi connectivity index (χ1v) is 6.55. The summed E-state index contributed by atoms with van der Waals surface area (Å²) in [7, 11) is 0. The van der Waals surface area contributed by atoms with Crippen LogP contribution >= 0.6 is 11.8 Å². The Balaban J connectivity index is 2.59. The largest absolute Gasteiger partial charge is 0.446 e. The normalized spacial score (nSPS) is 13.1. The van der Waals surface area contributed by atoms with Crippen LogP contribution in [0.1, 0.15) is 19.8 Å². The van der Waals surface area contributed by atoms with Gasteiger partial charge in [0.15, 0.2) is 0 Å². The Morgan fingerprint density at radius 1 is 1.37 bits per heavy atom. The molecule has 0 radical (unpaired) electrons. The van der Waals surface area contributed by atoms with E-state index in [9.17, 15) is 18.0 Å². The number of nitrogens with two attached hydrogens (primary N) is 1. The highest BCUT2D eigenvalue weighted by molar-refractivity contribution is 8.00. The number of thioether (sulfide) groups is 1. The average Bonchev–Trinajstić information content (AvgIpc) is 2.30. The molecule has 0 saturated carbocycles. The monoisotopic (exact) mass is 292 g/mol. The van der Waals surface area contributed by atoms with Crippen molar-refractivity contribution in [3.8, 4) is 0 Å². The Morgan fingerprint density at radius 3 is 2.42 bits per heavy atom. The summed E-state index contributed by atoms with van der Waals surface area (Å²) in [5.41, 5.74) is 1.75. The lowest BCUT2D eigenvalue weighted by atomic mass is 10.1. The number of benzene rings is 1. The third-order valence-corrected chi connectivity index (χ3v) is 3.03. The summed E-state index contributed by atoms with van der Waals surface area (Å²) in [6.45, 7) is 1.91. The SMILES string of the molecule is CCCC(N)C(=O)Nc1ccc(SC(F)(F)F)cc1. The van der Waals surface area contributed by atoms with E-state index in [0.717, 1.165) is 6.42 Å². The molecule has 106 valence electrons. The molecule has 1 rings (SSSR count). The molecule has 0 aliphatic rings. The van der Waals surface area contributed by atoms with Crippen molar-refractivity contribution in [3.05, 3.63) is 24.3 Å². The molecule has 0 spiro atoms. The number of alkyl halides is 3. The molecule has 1 aromatic rings. The number of nitrogens with one attached hydrogen (secondary N) is 1. The van der Waals surface area contributed by atoms with Crippen LogP contribution in [-0.2, 0) is 4.79 Å². The van der Waals surface area contributed by atoms with Crippen LogP contribution in [0.3, 0.4) is 0 Å². The molecular weight excluding hydrogens is 277 g/mol. The number of rotatable bonds is 5. The standard InChI is InChI=1S/C12H15F3N2OS/c1-2-3-10(16)11(18)17-8-4-6-9(7-5-8)19-12(13,14)15/h4-7,10H,2-3,16H2,1H3,(H,17,18). The minimum Gasteiger partial charge on any atom is -0.325 e. The van der Waals surface area contributed by atoms with E-state index in [1.807, 2.05) is 6.92 Å². The van der Waals surface area contributed by atoms with Gasteiger partial charge in [-0.3, -0.25) is 4.79 Å². The minimum absolute atomic E-state index is 0.0726. The summed E-state index contributed by atoms with van der Waals surface area (Å²) < 4.78 is 36.4. The van der Waals surface area contributed by atoms with Crippen molar-refractivity contribution in [2.75, 3.05) is 5.32 Å². The summed E-state index contributed by atoms with van der Waals surface area (Å²) in [5, 5.41) is 2.56. The van der Waals surface area contributed by atoms with Gasteiger partial charge >= 0.3 is 5.51 Å². The fraction of sp³-hybridized carbons (Fsp3) is 0.417. The fourth-order valence-electron chi connectivity index (χ4n) is 1.42. The van der Waals surface area contributed by atoms with E-state index in [4.69, 9.17) is 5.73 Å². The van der Waals surface area contributed by atoms with Crippen molar-refractivity contribution in [1.29, 1.82) is 0 Å². The van der Waals surface area contributed by atoms with Crippen molar-refractivity contribution >= 4 is 23.4 Å². The van der Waals surface area contributed by atoms with Crippen molar-refractivity contribution in [3.63, 3.8) is 0 Å². The van der Waals surface area contributed by atoms with Gasteiger partial charge in [-0.1, -0.05) is 13.3 Å². The van der Waals surface area contributed by atoms with E-state index in [2.05, 4.69) is 5.32 Å². The number of carbonyl (C=O) groups is 1. The average molecular weight is 292 g/mol. The quantitative estimate of drug-likeness (QED) is 0.818. The topological polar surface area (TPSA) is 55.1 Å². The Labute approximate surface area is 113 Å². The van der Waals surface area contributed by atoms with Crippen molar-refractivity contribution < 1.29 is 18.0 Å². The zero-order chi connectivity index (χ0) is 14.5. The first-order chi connectivity index (χ1) is 8.81. The van der Waals surface area contributed by atoms with Gasteiger partial charge in [0.05, 0.1) is 6.04 Å². The van der Waals surface area contributed by atoms with Crippen molar-refractivity contribution in [1.82, 2.24) is 0 Å². The lowest BCUT2D eigenvalue weighted by molar-refractivity contribution is -0.117. The molecule has 0 heterocycles. The maximum Gasteiger partial charge on any atom is 0.446 e. The molecule has 0 aliphatic carbocycles. The zero-order valence-electron chi connectivity index (χ0n) is 10.3. The Bertz CT molecular complexity index is 420. The van der Waals surface area contributed by atoms with Crippen molar-refractivity contribution in [2.24, 2.45) is 5.73 Å². The molecule has 1 atom stereocenters. The summed E-state index contributed by atoms with van der Waals surface area (Å²) in [5.74, 6) is -0.335. The predicted octanol–water partition coefficient (Wildman–Crippen LogP) is 3.36. The predicted molar refractivity (Wildman–Crippen MR) is 69.9 cm³/mol. The summed E-state index contributed by atoms with van der Waals surface area (Å²) in [6.07, 6.45) is 1.35. The van der Waals surface area contributed by atoms with E-state index < -0.39 is 11.6 Å². The number of amides is 1. The number of halogens is 3. The third kappa shape index (κ3) is 5.98. The van der Waals surface area contributed by atoms with Gasteiger partial charge in [-0.05, 0) is 42.4 Å². The maximum absolute atomic E-state index is 12.1. The van der Waals surface area contributed by atoms with Crippen LogP contribution in [0.2, 0.25) is 0 Å². The molecule has 7 heteroatoms. The van der Waals surface area contributed by atoms with Crippen LogP contribution in [0.5, 0.6) is 0 Å². The smallest absolute Gasteiger partial charge is 0.325 e. The van der Waals surface area contributed by atoms with Crippen LogP contribution < -0.4 is 11.1 Å². The molecule has 1 amide bonds. The van der Waals surface area contributed by atoms with Crippen LogP contribution in [0.15, 0.2) is 29.2 Å². The Kier molecular flexibility index (Phi) is 5.68. The van der Waals surface area contributed by atoms with Gasteiger partial charge in [-0.15, -0.1) is 0 Å². The molecule has 0 aromatic heterocycles. The first-order valence-electron chi connectivity index (χ1n) is 5.74. The van der Waals surface area contributed by atoms with Crippen LogP contribution in [-0.4, -0.2) is 17.5 Å². The second-order valence-corrected chi connectivity index (χ2v) is 5.10. The van der Waals surface area contributed by atoms with E-state index in [-0.39, 0.29) is 22.6 Å². The molecule has 1 unspecified atom stereocenters. The summed E-state index contributed by atoms with van der Waals surface area (Å²) in [6, 6.07) is 4.85. The van der Waals surface area contributed by atoms with Crippen LogP contribution in [0, 0.1) is 0 Å². The van der Waals surface area contributed by atoms with Crippen LogP contribution in [0.25, 0.3) is 0 Å². The van der Waals surface area contributed by atoms with Crippen molar-refractivity contribution in [2.45, 2.75) is 36.2 Å². The van der Waals surface area contributed by atoms with E-state index in [0.29, 0.717) is 12.1 Å². The summed E-state index contributed by atoms with van der Waals surface area (Å²) in [4.78, 5) is 11.7. The lowest BCUT2D eigenvalue weighted by Crippen LogP contribution is -2.35. The molecule has 0 bridgehead atoms. The second-order valence-electron chi connectivity index (χ2n) is 3.96. The van der Waals surface area contributed by atoms with Gasteiger partial charge in [-0.25, -0.2) is 0 Å².